The van der Waals surface area contributed by atoms with Crippen molar-refractivity contribution in [3.8, 4) is 0 Å². The van der Waals surface area contributed by atoms with Gasteiger partial charge in [-0.05, 0) is 48.7 Å². The quantitative estimate of drug-likeness (QED) is 0.429. The van der Waals surface area contributed by atoms with Gasteiger partial charge in [-0.15, -0.1) is 0 Å². The Hall–Kier alpha value is -2.50. The predicted octanol–water partition coefficient (Wildman–Crippen LogP) is 4.97. The Labute approximate surface area is 224 Å². The number of benzene rings is 2. The summed E-state index contributed by atoms with van der Waals surface area (Å²) in [6, 6.07) is 8.02. The summed E-state index contributed by atoms with van der Waals surface area (Å²) in [5.41, 5.74) is -1.03. The third-order valence-electron chi connectivity index (χ3n) is 5.34. The summed E-state index contributed by atoms with van der Waals surface area (Å²) < 4.78 is 65.8. The van der Waals surface area contributed by atoms with Gasteiger partial charge in [0.05, 0.1) is 22.5 Å². The SMILES string of the molecule is CC(C)CNC(=O)[C@H](C)N(Cc1ccc(Cl)cc1)C(=O)CN(c1ccc(Cl)c(C(F)(F)F)c1)S(C)(=O)=O. The normalized spacial score (nSPS) is 12.8. The fraction of sp³-hybridized carbons (Fsp3) is 0.417. The molecule has 0 heterocycles. The second-order valence-corrected chi connectivity index (χ2v) is 11.6. The van der Waals surface area contributed by atoms with Gasteiger partial charge >= 0.3 is 6.18 Å². The van der Waals surface area contributed by atoms with Crippen LogP contribution in [0.3, 0.4) is 0 Å². The number of nitrogens with zero attached hydrogens (tertiary/aromatic N) is 2. The molecule has 0 spiro atoms. The van der Waals surface area contributed by atoms with E-state index in [1.54, 1.807) is 24.3 Å². The highest BCUT2D eigenvalue weighted by molar-refractivity contribution is 7.92. The number of alkyl halides is 3. The summed E-state index contributed by atoms with van der Waals surface area (Å²) in [5, 5.41) is 2.57. The van der Waals surface area contributed by atoms with Gasteiger partial charge in [-0.3, -0.25) is 13.9 Å². The molecule has 0 bridgehead atoms. The Morgan fingerprint density at radius 2 is 1.62 bits per heavy atom. The van der Waals surface area contributed by atoms with Crippen molar-refractivity contribution in [2.75, 3.05) is 23.7 Å². The summed E-state index contributed by atoms with van der Waals surface area (Å²) >= 11 is 11.6. The molecular weight excluding hydrogens is 554 g/mol. The van der Waals surface area contributed by atoms with E-state index in [2.05, 4.69) is 5.32 Å². The van der Waals surface area contributed by atoms with Gasteiger partial charge in [-0.25, -0.2) is 8.42 Å². The molecule has 0 aromatic heterocycles. The molecule has 0 aliphatic carbocycles. The predicted molar refractivity (Wildman–Crippen MR) is 138 cm³/mol. The lowest BCUT2D eigenvalue weighted by atomic mass is 10.1. The standard InChI is InChI=1S/C24H28Cl2F3N3O4S/c1-15(2)12-30-23(34)16(3)31(13-17-5-7-18(25)8-6-17)22(33)14-32(37(4,35)36)19-9-10-21(26)20(11-19)24(27,28)29/h5-11,15-16H,12-14H2,1-4H3,(H,30,34)/t16-/m0/s1. The van der Waals surface area contributed by atoms with Crippen LogP contribution in [0.1, 0.15) is 31.9 Å². The van der Waals surface area contributed by atoms with Crippen LogP contribution in [0.25, 0.3) is 0 Å². The first-order valence-corrected chi connectivity index (χ1v) is 13.8. The van der Waals surface area contributed by atoms with E-state index in [1.165, 1.54) is 6.92 Å². The molecule has 37 heavy (non-hydrogen) atoms. The fourth-order valence-electron chi connectivity index (χ4n) is 3.32. The number of halogens is 5. The van der Waals surface area contributed by atoms with E-state index < -0.39 is 56.9 Å². The molecule has 0 radical (unpaired) electrons. The lowest BCUT2D eigenvalue weighted by Crippen LogP contribution is -2.51. The zero-order chi connectivity index (χ0) is 28.1. The van der Waals surface area contributed by atoms with E-state index in [1.807, 2.05) is 13.8 Å². The van der Waals surface area contributed by atoms with E-state index in [-0.39, 0.29) is 12.5 Å². The third kappa shape index (κ3) is 8.79. The van der Waals surface area contributed by atoms with Crippen LogP contribution in [0.15, 0.2) is 42.5 Å². The summed E-state index contributed by atoms with van der Waals surface area (Å²) in [7, 11) is -4.21. The van der Waals surface area contributed by atoms with Crippen molar-refractivity contribution in [3.63, 3.8) is 0 Å². The molecule has 2 aromatic rings. The van der Waals surface area contributed by atoms with Crippen molar-refractivity contribution >= 4 is 50.7 Å². The molecular formula is C24H28Cl2F3N3O4S. The summed E-state index contributed by atoms with van der Waals surface area (Å²) in [5.74, 6) is -1.12. The smallest absolute Gasteiger partial charge is 0.354 e. The number of hydrogen-bond donors (Lipinski definition) is 1. The van der Waals surface area contributed by atoms with Gasteiger partial charge in [0.15, 0.2) is 0 Å². The minimum Gasteiger partial charge on any atom is -0.354 e. The second kappa shape index (κ2) is 12.4. The molecule has 0 fully saturated rings. The lowest BCUT2D eigenvalue weighted by Gasteiger charge is -2.31. The molecule has 2 rings (SSSR count). The van der Waals surface area contributed by atoms with Gasteiger partial charge in [0, 0.05) is 18.1 Å². The Bertz CT molecular complexity index is 1220. The van der Waals surface area contributed by atoms with Crippen LogP contribution in [0.5, 0.6) is 0 Å². The molecule has 0 aliphatic heterocycles. The van der Waals surface area contributed by atoms with E-state index >= 15 is 0 Å². The number of carbonyl (C=O) groups excluding carboxylic acids is 2. The van der Waals surface area contributed by atoms with E-state index in [0.717, 1.165) is 23.3 Å². The van der Waals surface area contributed by atoms with Gasteiger partial charge in [-0.2, -0.15) is 13.2 Å². The second-order valence-electron chi connectivity index (χ2n) is 8.89. The van der Waals surface area contributed by atoms with Crippen molar-refractivity contribution in [3.05, 3.63) is 63.6 Å². The minimum atomic E-state index is -4.84. The van der Waals surface area contributed by atoms with Crippen LogP contribution in [0, 0.1) is 5.92 Å². The molecule has 204 valence electrons. The maximum absolute atomic E-state index is 13.4. The topological polar surface area (TPSA) is 86.8 Å². The maximum atomic E-state index is 13.4. The summed E-state index contributed by atoms with van der Waals surface area (Å²) in [6.07, 6.45) is -4.08. The largest absolute Gasteiger partial charge is 0.417 e. The number of anilines is 1. The highest BCUT2D eigenvalue weighted by atomic mass is 35.5. The van der Waals surface area contributed by atoms with Crippen LogP contribution >= 0.6 is 23.2 Å². The summed E-state index contributed by atoms with van der Waals surface area (Å²) in [6.45, 7) is 4.72. The highest BCUT2D eigenvalue weighted by Crippen LogP contribution is 2.37. The van der Waals surface area contributed by atoms with Crippen LogP contribution < -0.4 is 9.62 Å². The number of rotatable bonds is 10. The Balaban J connectivity index is 2.45. The van der Waals surface area contributed by atoms with Crippen LogP contribution in [0.4, 0.5) is 18.9 Å². The Morgan fingerprint density at radius 3 is 2.14 bits per heavy atom. The lowest BCUT2D eigenvalue weighted by molar-refractivity contribution is -0.139. The van der Waals surface area contributed by atoms with E-state index in [9.17, 15) is 31.2 Å². The zero-order valence-electron chi connectivity index (χ0n) is 20.6. The number of nitrogens with one attached hydrogen (secondary N) is 1. The first kappa shape index (κ1) is 30.7. The van der Waals surface area contributed by atoms with Crippen molar-refractivity contribution in [1.29, 1.82) is 0 Å². The Morgan fingerprint density at radius 1 is 1.03 bits per heavy atom. The molecule has 1 atom stereocenters. The first-order chi connectivity index (χ1) is 17.0. The molecule has 0 saturated carbocycles. The maximum Gasteiger partial charge on any atom is 0.417 e. The van der Waals surface area contributed by atoms with Gasteiger partial charge in [-0.1, -0.05) is 49.2 Å². The molecule has 13 heteroatoms. The van der Waals surface area contributed by atoms with Gasteiger partial charge in [0.25, 0.3) is 0 Å². The molecule has 1 N–H and O–H groups in total. The minimum absolute atomic E-state index is 0.0711. The van der Waals surface area contributed by atoms with Crippen molar-refractivity contribution in [2.45, 2.75) is 39.5 Å². The number of carbonyl (C=O) groups is 2. The average molecular weight is 582 g/mol. The van der Waals surface area contributed by atoms with E-state index in [0.29, 0.717) is 27.5 Å². The first-order valence-electron chi connectivity index (χ1n) is 11.2. The van der Waals surface area contributed by atoms with Crippen LogP contribution in [-0.4, -0.2) is 50.5 Å². The monoisotopic (exact) mass is 581 g/mol. The molecule has 2 amide bonds. The van der Waals surface area contributed by atoms with Crippen molar-refractivity contribution < 1.29 is 31.2 Å². The zero-order valence-corrected chi connectivity index (χ0v) is 23.0. The molecule has 0 aliphatic rings. The van der Waals surface area contributed by atoms with Crippen LogP contribution in [0.2, 0.25) is 10.0 Å². The van der Waals surface area contributed by atoms with Gasteiger partial charge in [0.2, 0.25) is 21.8 Å². The van der Waals surface area contributed by atoms with Crippen LogP contribution in [-0.2, 0) is 32.3 Å². The number of amides is 2. The highest BCUT2D eigenvalue weighted by Gasteiger charge is 2.35. The fourth-order valence-corrected chi connectivity index (χ4v) is 4.51. The summed E-state index contributed by atoms with van der Waals surface area (Å²) in [4.78, 5) is 27.4. The number of sulfonamides is 1. The molecule has 0 unspecified atom stereocenters. The third-order valence-corrected chi connectivity index (χ3v) is 7.06. The average Bonchev–Trinajstić information content (AvgIpc) is 2.79. The number of hydrogen-bond acceptors (Lipinski definition) is 4. The van der Waals surface area contributed by atoms with E-state index in [4.69, 9.17) is 23.2 Å². The molecule has 2 aromatic carbocycles. The van der Waals surface area contributed by atoms with Crippen molar-refractivity contribution in [1.82, 2.24) is 10.2 Å². The van der Waals surface area contributed by atoms with Crippen molar-refractivity contribution in [2.24, 2.45) is 5.92 Å². The van der Waals surface area contributed by atoms with Gasteiger partial charge in [0.1, 0.15) is 12.6 Å². The molecule has 7 nitrogen and oxygen atoms in total. The van der Waals surface area contributed by atoms with Gasteiger partial charge < -0.3 is 10.2 Å². The Kier molecular flexibility index (Phi) is 10.3. The molecule has 0 saturated heterocycles.